The smallest absolute Gasteiger partial charge is 0.192 e. The molecule has 10 rings (SSSR count). The molecule has 10 aliphatic heterocycles. The van der Waals surface area contributed by atoms with Gasteiger partial charge in [-0.05, 0) is 180 Å². The second kappa shape index (κ2) is 43.4. The van der Waals surface area contributed by atoms with E-state index in [9.17, 15) is 51.1 Å². The van der Waals surface area contributed by atoms with Crippen LogP contribution in [0.5, 0.6) is 0 Å². The highest BCUT2D eigenvalue weighted by molar-refractivity contribution is 7.73. The third-order valence-electron chi connectivity index (χ3n) is 22.7. The maximum Gasteiger partial charge on any atom is 0.192 e. The van der Waals surface area contributed by atoms with E-state index in [2.05, 4.69) is 197 Å². The van der Waals surface area contributed by atoms with Crippen molar-refractivity contribution in [2.75, 3.05) is 132 Å². The number of rotatable bonds is 26. The Morgan fingerprint density at radius 2 is 0.754 bits per heavy atom. The second-order valence-corrected chi connectivity index (χ2v) is 64.4. The number of aliphatic hydroxyl groups excluding tert-OH is 10. The maximum atomic E-state index is 10.6. The Bertz CT molecular complexity index is 4220. The summed E-state index contributed by atoms with van der Waals surface area (Å²) in [6.07, 6.45) is 26.0. The van der Waals surface area contributed by atoms with Gasteiger partial charge in [-0.1, -0.05) is 60.6 Å². The molecule has 0 radical (unpaired) electrons. The number of nitrogens with two attached hydrogens (primary N) is 3. The van der Waals surface area contributed by atoms with Gasteiger partial charge in [0, 0.05) is 74.6 Å². The average molecular weight is 1820 g/mol. The number of hydrogen-bond donors (Lipinski definition) is 13. The molecule has 5 fully saturated rings. The largest absolute Gasteiger partial charge is 0.412 e. The summed E-state index contributed by atoms with van der Waals surface area (Å²) in [6, 6.07) is 0. The Morgan fingerprint density at radius 3 is 1.07 bits per heavy atom. The zero-order chi connectivity index (χ0) is 92.5. The molecule has 0 bridgehead atoms. The first-order chi connectivity index (χ1) is 56.0. The van der Waals surface area contributed by atoms with Crippen molar-refractivity contribution in [1.82, 2.24) is 29.4 Å². The summed E-state index contributed by atoms with van der Waals surface area (Å²) in [4.78, 5) is 31.7. The molecule has 692 valence electrons. The van der Waals surface area contributed by atoms with Crippen LogP contribution >= 0.6 is 34.4 Å². The Morgan fingerprint density at radius 1 is 0.451 bits per heavy atom. The minimum Gasteiger partial charge on any atom is -0.412 e. The van der Waals surface area contributed by atoms with Crippen molar-refractivity contribution < 1.29 is 83.9 Å². The van der Waals surface area contributed by atoms with E-state index < -0.39 is 153 Å². The molecule has 5 saturated heterocycles. The number of methoxy groups -OCH3 is 1. The molecule has 0 aromatic carbocycles. The van der Waals surface area contributed by atoms with Crippen molar-refractivity contribution in [3.63, 3.8) is 0 Å². The lowest BCUT2D eigenvalue weighted by Crippen LogP contribution is -2.44. The number of amidine groups is 4. The summed E-state index contributed by atoms with van der Waals surface area (Å²) in [5.74, 6) is 3.91. The molecule has 5 unspecified atom stereocenters. The molecule has 0 aromatic heterocycles. The Hall–Kier alpha value is -5.01. The molecule has 0 spiro atoms. The number of aliphatic hydroxyl groups is 10. The van der Waals surface area contributed by atoms with Crippen LogP contribution in [0.15, 0.2) is 146 Å². The van der Waals surface area contributed by atoms with Crippen LogP contribution in [0.4, 0.5) is 0 Å². The zero-order valence-corrected chi connectivity index (χ0v) is 82.0. The van der Waals surface area contributed by atoms with Crippen LogP contribution in [-0.2, 0) is 32.8 Å². The van der Waals surface area contributed by atoms with Gasteiger partial charge in [0.05, 0.1) is 43.7 Å². The van der Waals surface area contributed by atoms with Gasteiger partial charge in [-0.3, -0.25) is 0 Å². The lowest BCUT2D eigenvalue weighted by Gasteiger charge is -2.37. The number of nitrogens with zero attached hydrogens (tertiary/aromatic N) is 11. The Kier molecular flexibility index (Phi) is 37.6. The first-order valence-corrected chi connectivity index (χ1v) is 59.5. The minimum absolute atomic E-state index is 0.0735. The maximum absolute atomic E-state index is 10.6. The Labute approximate surface area is 728 Å². The van der Waals surface area contributed by atoms with E-state index >= 15 is 0 Å². The summed E-state index contributed by atoms with van der Waals surface area (Å²) in [6.45, 7) is 51.7. The third-order valence-corrected chi connectivity index (χ3v) is 34.5. The fourth-order valence-corrected chi connectivity index (χ4v) is 19.7. The lowest BCUT2D eigenvalue weighted by molar-refractivity contribution is -0.0698. The van der Waals surface area contributed by atoms with Crippen molar-refractivity contribution in [2.24, 2.45) is 42.2 Å². The first-order valence-electron chi connectivity index (χ1n) is 41.3. The topological polar surface area (TPSA) is 426 Å². The number of allylic oxidation sites excluding steroid dienone is 1. The van der Waals surface area contributed by atoms with Crippen LogP contribution < -0.4 is 17.2 Å². The highest BCUT2D eigenvalue weighted by Gasteiger charge is 2.52. The summed E-state index contributed by atoms with van der Waals surface area (Å²) in [5.41, 5.74) is 21.5. The standard InChI is InChI=1S/C21H40N3O4PSi.C17H30N3O3P.C17H29N2O3P.C15H26N3O4P.C15H26N3O3P/c1-14-23-19(22)15(13-27-30(8,9)21(2,3)4)12-24(14)20-18(26)17(25)16(28-20)10-11-29(5,6)7;1-12-18-14(19(2)3)8-10-20(12)17-16(22-4)15(21)13(23-17)9-11-24(5,6)7;1-7-13-10-19(12(3)18-11(13)2)17-16(21)15(20)14(22-17)8-9-23(4,5)6;1-9-17-14(16)10(8-19)7-18(9)15-13(21)12(20)11(22-15)5-6-23(2,3)4;1-9-8-18(10(2)17-14(9)16)15-13(20)12(19)11(21-15)6-7-22(3,4)5/h12,16-18,20,25-26H,1,5,10-11,13H2,2-4,6-9H3,(H2,22,23);8,10,13,15-17,21H,1,5,9,11H2,2-4,6-7H3;10,14-17,20-21H,3-4,7-9H2,1-2,5-6H3;7,11-13,15,19-21H,1-2,5-6,8H2,3-4H3,(H2,16,17);8,11-13,15,19-20H,2-3,6-7H2,1,4-5H3,(H2,16,17)/t16-,17-,18-,20?;13-,15-,16-,17?;14-,15-,16-,17?;2*11-,12-,13-,15?/m11111/s1. The third kappa shape index (κ3) is 29.0. The van der Waals surface area contributed by atoms with Crippen LogP contribution in [0.1, 0.15) is 80.1 Å². The molecule has 10 aliphatic rings. The molecular formula is C85H151N14O17P5Si. The molecule has 0 saturated carbocycles. The molecule has 31 nitrogen and oxygen atoms in total. The highest BCUT2D eigenvalue weighted by atomic mass is 31.2. The number of ether oxygens (including phenoxy) is 6. The molecule has 10 heterocycles. The molecular weight excluding hydrogens is 1670 g/mol. The molecule has 0 amide bonds. The van der Waals surface area contributed by atoms with Gasteiger partial charge >= 0.3 is 0 Å². The summed E-state index contributed by atoms with van der Waals surface area (Å²) >= 11 is 0. The molecule has 0 aromatic rings. The van der Waals surface area contributed by atoms with Gasteiger partial charge in [-0.2, -0.15) is 0 Å². The fourth-order valence-electron chi connectivity index (χ4n) is 13.9. The molecule has 37 heteroatoms. The van der Waals surface area contributed by atoms with Gasteiger partial charge in [0.1, 0.15) is 113 Å². The van der Waals surface area contributed by atoms with Gasteiger partial charge in [-0.15, -0.1) is 65.9 Å². The lowest BCUT2D eigenvalue weighted by atomic mass is 10.1. The van der Waals surface area contributed by atoms with Gasteiger partial charge in [0.15, 0.2) is 39.5 Å². The number of hydrogen-bond acceptors (Lipinski definition) is 31. The van der Waals surface area contributed by atoms with E-state index in [4.69, 9.17) is 50.0 Å². The van der Waals surface area contributed by atoms with Gasteiger partial charge in [0.2, 0.25) is 0 Å². The van der Waals surface area contributed by atoms with E-state index in [0.29, 0.717) is 84.2 Å². The zero-order valence-electron chi connectivity index (χ0n) is 76.5. The van der Waals surface area contributed by atoms with Crippen molar-refractivity contribution in [2.45, 2.75) is 221 Å². The predicted octanol–water partition coefficient (Wildman–Crippen LogP) is 6.24. The van der Waals surface area contributed by atoms with E-state index in [-0.39, 0.29) is 29.7 Å². The van der Waals surface area contributed by atoms with Crippen LogP contribution in [0, 0.1) is 0 Å². The van der Waals surface area contributed by atoms with Gasteiger partial charge in [0.25, 0.3) is 0 Å². The SMILES string of the molecule is C=C1N=C(C)C(CC)=CN1C1O[C@H](CCP(=C)(C)C)[C@@H](O)[C@H]1O.C=C1N=C(N(C)C)C=CN1C1O[C@H](CCP(=C)(C)C)[C@@H](O)[C@H]1OC.C=C1N=C(N)C(C)=CN1C1O[C@H](CCP(=C)(C)C)[C@@H](O)[C@H]1O.C=C1N=C(N)C(CO)=CN1C1O[C@H](CCP(=C)(C)C)[C@@H](O)[C@H]1O.C=C1N=C(N)C(CO[Si](C)(C)C(C)(C)C)=CN1C1O[C@H](CCP(=C)(C)C)[C@@H](O)[C@H]1O. The molecule has 16 N–H and O–H groups in total. The van der Waals surface area contributed by atoms with E-state index in [0.717, 1.165) is 66.3 Å². The second-order valence-electron chi connectivity index (χ2n) is 38.0. The van der Waals surface area contributed by atoms with Crippen LogP contribution in [-0.4, -0.2) is 404 Å². The molecule has 122 heavy (non-hydrogen) atoms. The fraction of sp³-hybridized carbons (Fsp3) is 0.647. The highest BCUT2D eigenvalue weighted by Crippen LogP contribution is 2.46. The summed E-state index contributed by atoms with van der Waals surface area (Å²) < 4.78 is 41.7. The van der Waals surface area contributed by atoms with Crippen LogP contribution in [0.25, 0.3) is 0 Å². The van der Waals surface area contributed by atoms with Crippen molar-refractivity contribution >= 4 is 103 Å². The van der Waals surface area contributed by atoms with Crippen molar-refractivity contribution in [1.29, 1.82) is 0 Å². The predicted molar refractivity (Wildman–Crippen MR) is 517 cm³/mol. The monoisotopic (exact) mass is 1820 g/mol. The van der Waals surface area contributed by atoms with E-state index in [1.807, 2.05) is 56.2 Å². The summed E-state index contributed by atoms with van der Waals surface area (Å²) in [5, 5.41) is 103. The number of likely N-dealkylation sites (N-methyl/N-ethyl adjacent to an activating group) is 1. The van der Waals surface area contributed by atoms with Crippen LogP contribution in [0.2, 0.25) is 18.1 Å². The van der Waals surface area contributed by atoms with Gasteiger partial charge < -0.3 is 131 Å². The Balaban J connectivity index is 0.000000237. The quantitative estimate of drug-likeness (QED) is 0.0337. The average Bonchev–Trinajstić information content (AvgIpc) is 1.66. The number of aliphatic imine (C=N–C) groups is 5. The first kappa shape index (κ1) is 106. The molecule has 0 aliphatic carbocycles. The van der Waals surface area contributed by atoms with E-state index in [1.165, 1.54) is 4.90 Å². The van der Waals surface area contributed by atoms with Crippen LogP contribution in [0.3, 0.4) is 0 Å². The van der Waals surface area contributed by atoms with Gasteiger partial charge in [-0.25, -0.2) is 25.0 Å². The van der Waals surface area contributed by atoms with Crippen molar-refractivity contribution in [3.8, 4) is 0 Å². The normalized spacial score (nSPS) is 31.1. The minimum atomic E-state index is -1.97. The summed E-state index contributed by atoms with van der Waals surface area (Å²) in [7, 11) is 3.48. The van der Waals surface area contributed by atoms with Crippen molar-refractivity contribution in [3.05, 3.63) is 121 Å². The molecule has 20 atom stereocenters. The van der Waals surface area contributed by atoms with E-state index in [1.54, 1.807) is 40.4 Å².